The minimum absolute atomic E-state index is 0.0727. The number of morpholine rings is 1. The predicted molar refractivity (Wildman–Crippen MR) is 103 cm³/mol. The van der Waals surface area contributed by atoms with Crippen molar-refractivity contribution in [1.29, 1.82) is 0 Å². The first-order valence-electron chi connectivity index (χ1n) is 8.53. The molecule has 9 heteroatoms. The van der Waals surface area contributed by atoms with E-state index in [0.29, 0.717) is 24.5 Å². The minimum Gasteiger partial charge on any atom is -0.372 e. The summed E-state index contributed by atoms with van der Waals surface area (Å²) in [6, 6.07) is 12.4. The molecule has 0 aromatic heterocycles. The smallest absolute Gasteiger partial charge is 0.293 e. The summed E-state index contributed by atoms with van der Waals surface area (Å²) in [7, 11) is -3.94. The van der Waals surface area contributed by atoms with Crippen molar-refractivity contribution in [2.24, 2.45) is 0 Å². The van der Waals surface area contributed by atoms with Gasteiger partial charge in [-0.1, -0.05) is 18.2 Å². The molecule has 2 aromatic rings. The van der Waals surface area contributed by atoms with E-state index in [1.807, 2.05) is 18.7 Å². The Morgan fingerprint density at radius 3 is 2.33 bits per heavy atom. The van der Waals surface area contributed by atoms with E-state index >= 15 is 0 Å². The molecule has 1 heterocycles. The van der Waals surface area contributed by atoms with Crippen LogP contribution in [0.1, 0.15) is 13.8 Å². The van der Waals surface area contributed by atoms with Crippen LogP contribution >= 0.6 is 0 Å². The van der Waals surface area contributed by atoms with Gasteiger partial charge in [0.2, 0.25) is 0 Å². The van der Waals surface area contributed by atoms with E-state index in [9.17, 15) is 18.5 Å². The van der Waals surface area contributed by atoms with Crippen molar-refractivity contribution < 1.29 is 18.1 Å². The van der Waals surface area contributed by atoms with Crippen molar-refractivity contribution in [3.8, 4) is 0 Å². The number of benzene rings is 2. The molecule has 3 rings (SSSR count). The van der Waals surface area contributed by atoms with Crippen LogP contribution in [0.4, 0.5) is 17.1 Å². The molecule has 0 radical (unpaired) electrons. The zero-order valence-electron chi connectivity index (χ0n) is 15.0. The van der Waals surface area contributed by atoms with Gasteiger partial charge in [0.15, 0.2) is 0 Å². The third kappa shape index (κ3) is 4.37. The first-order valence-corrected chi connectivity index (χ1v) is 10.0. The van der Waals surface area contributed by atoms with E-state index in [1.165, 1.54) is 12.1 Å². The van der Waals surface area contributed by atoms with Gasteiger partial charge in [-0.2, -0.15) is 0 Å². The summed E-state index contributed by atoms with van der Waals surface area (Å²) in [5.41, 5.74) is 0.535. The highest BCUT2D eigenvalue weighted by atomic mass is 32.2. The molecule has 1 N–H and O–H groups in total. The zero-order valence-corrected chi connectivity index (χ0v) is 15.8. The number of nitro groups is 1. The highest BCUT2D eigenvalue weighted by molar-refractivity contribution is 7.92. The Bertz CT molecular complexity index is 923. The topological polar surface area (TPSA) is 102 Å². The molecule has 1 aliphatic heterocycles. The Hall–Kier alpha value is -2.65. The highest BCUT2D eigenvalue weighted by Gasteiger charge is 2.29. The van der Waals surface area contributed by atoms with Gasteiger partial charge in [-0.3, -0.25) is 14.8 Å². The lowest BCUT2D eigenvalue weighted by molar-refractivity contribution is -0.384. The van der Waals surface area contributed by atoms with Crippen molar-refractivity contribution in [2.75, 3.05) is 22.7 Å². The van der Waals surface area contributed by atoms with Crippen LogP contribution in [0.5, 0.6) is 0 Å². The Morgan fingerprint density at radius 2 is 1.74 bits per heavy atom. The number of nitrogens with one attached hydrogen (secondary N) is 1. The van der Waals surface area contributed by atoms with Gasteiger partial charge in [0.25, 0.3) is 15.7 Å². The number of nitrogens with zero attached hydrogens (tertiary/aromatic N) is 2. The van der Waals surface area contributed by atoms with Gasteiger partial charge >= 0.3 is 0 Å². The largest absolute Gasteiger partial charge is 0.372 e. The molecule has 0 bridgehead atoms. The van der Waals surface area contributed by atoms with Crippen LogP contribution in [0, 0.1) is 10.1 Å². The summed E-state index contributed by atoms with van der Waals surface area (Å²) in [6.07, 6.45) is -0.145. The minimum atomic E-state index is -3.94. The fourth-order valence-corrected chi connectivity index (χ4v) is 4.26. The van der Waals surface area contributed by atoms with Crippen LogP contribution in [0.25, 0.3) is 0 Å². The van der Waals surface area contributed by atoms with Gasteiger partial charge < -0.3 is 9.64 Å². The molecule has 0 spiro atoms. The van der Waals surface area contributed by atoms with E-state index in [-0.39, 0.29) is 22.8 Å². The van der Waals surface area contributed by atoms with E-state index in [1.54, 1.807) is 30.3 Å². The molecule has 8 nitrogen and oxygen atoms in total. The average Bonchev–Trinajstić information content (AvgIpc) is 2.60. The maximum Gasteiger partial charge on any atom is 0.293 e. The molecule has 2 unspecified atom stereocenters. The monoisotopic (exact) mass is 391 g/mol. The summed E-state index contributed by atoms with van der Waals surface area (Å²) in [5.74, 6) is 0. The van der Waals surface area contributed by atoms with Crippen molar-refractivity contribution in [2.45, 2.75) is 31.0 Å². The SMILES string of the molecule is CC1CN(c2ccc(S(=O)(=O)Nc3ccccc3)cc2[N+](=O)[O-])CC(C)O1. The van der Waals surface area contributed by atoms with Gasteiger partial charge in [-0.25, -0.2) is 8.42 Å². The van der Waals surface area contributed by atoms with Gasteiger partial charge in [0, 0.05) is 24.8 Å². The van der Waals surface area contributed by atoms with Crippen molar-refractivity contribution in [1.82, 2.24) is 0 Å². The Morgan fingerprint density at radius 1 is 1.11 bits per heavy atom. The number of rotatable bonds is 5. The van der Waals surface area contributed by atoms with Crippen molar-refractivity contribution in [3.05, 3.63) is 58.6 Å². The first-order chi connectivity index (χ1) is 12.8. The van der Waals surface area contributed by atoms with Gasteiger partial charge in [-0.15, -0.1) is 0 Å². The maximum absolute atomic E-state index is 12.6. The normalized spacial score (nSPS) is 20.3. The Kier molecular flexibility index (Phi) is 5.33. The number of ether oxygens (including phenoxy) is 1. The van der Waals surface area contributed by atoms with Crippen LogP contribution < -0.4 is 9.62 Å². The van der Waals surface area contributed by atoms with Gasteiger partial charge in [0.1, 0.15) is 5.69 Å². The van der Waals surface area contributed by atoms with Crippen molar-refractivity contribution in [3.63, 3.8) is 0 Å². The molecular weight excluding hydrogens is 370 g/mol. The maximum atomic E-state index is 12.6. The second-order valence-corrected chi connectivity index (χ2v) is 8.22. The lowest BCUT2D eigenvalue weighted by Gasteiger charge is -2.36. The summed E-state index contributed by atoms with van der Waals surface area (Å²) < 4.78 is 33.3. The second-order valence-electron chi connectivity index (χ2n) is 6.54. The lowest BCUT2D eigenvalue weighted by Crippen LogP contribution is -2.45. The van der Waals surface area contributed by atoms with Crippen LogP contribution in [0.15, 0.2) is 53.4 Å². The number of sulfonamides is 1. The lowest BCUT2D eigenvalue weighted by atomic mass is 10.2. The molecule has 0 aliphatic carbocycles. The molecule has 27 heavy (non-hydrogen) atoms. The number of anilines is 2. The molecule has 0 saturated carbocycles. The molecule has 0 amide bonds. The third-order valence-corrected chi connectivity index (χ3v) is 5.62. The van der Waals surface area contributed by atoms with Crippen LogP contribution in [-0.2, 0) is 14.8 Å². The van der Waals surface area contributed by atoms with E-state index < -0.39 is 14.9 Å². The van der Waals surface area contributed by atoms with Crippen LogP contribution in [-0.4, -0.2) is 38.6 Å². The molecular formula is C18H21N3O5S. The van der Waals surface area contributed by atoms with Crippen molar-refractivity contribution >= 4 is 27.1 Å². The average molecular weight is 391 g/mol. The molecule has 144 valence electrons. The molecule has 1 fully saturated rings. The number of hydrogen-bond acceptors (Lipinski definition) is 6. The van der Waals surface area contributed by atoms with Gasteiger partial charge in [-0.05, 0) is 38.1 Å². The fourth-order valence-electron chi connectivity index (χ4n) is 3.18. The Balaban J connectivity index is 1.95. The van der Waals surface area contributed by atoms with Gasteiger partial charge in [0.05, 0.1) is 22.0 Å². The first kappa shape index (κ1) is 19.1. The van der Waals surface area contributed by atoms with Crippen LogP contribution in [0.3, 0.4) is 0 Å². The second kappa shape index (κ2) is 7.53. The summed E-state index contributed by atoms with van der Waals surface area (Å²) in [5, 5.41) is 11.6. The number of hydrogen-bond donors (Lipinski definition) is 1. The quantitative estimate of drug-likeness (QED) is 0.621. The summed E-state index contributed by atoms with van der Waals surface area (Å²) in [4.78, 5) is 12.7. The van der Waals surface area contributed by atoms with Crippen LogP contribution in [0.2, 0.25) is 0 Å². The predicted octanol–water partition coefficient (Wildman–Crippen LogP) is 3.01. The third-order valence-electron chi connectivity index (χ3n) is 4.24. The van der Waals surface area contributed by atoms with E-state index in [4.69, 9.17) is 4.74 Å². The molecule has 2 atom stereocenters. The number of para-hydroxylation sites is 1. The number of nitro benzene ring substituents is 1. The molecule has 1 aliphatic rings. The molecule has 2 aromatic carbocycles. The summed E-state index contributed by atoms with van der Waals surface area (Å²) in [6.45, 7) is 4.80. The zero-order chi connectivity index (χ0) is 19.6. The highest BCUT2D eigenvalue weighted by Crippen LogP contribution is 2.33. The van der Waals surface area contributed by atoms with E-state index in [0.717, 1.165) is 6.07 Å². The van der Waals surface area contributed by atoms with E-state index in [2.05, 4.69) is 4.72 Å². The fraction of sp³-hybridized carbons (Fsp3) is 0.333. The molecule has 1 saturated heterocycles. The Labute approximate surface area is 158 Å². The summed E-state index contributed by atoms with van der Waals surface area (Å²) >= 11 is 0. The standard InChI is InChI=1S/C18H21N3O5S/c1-13-11-20(12-14(2)26-13)17-9-8-16(10-18(17)21(22)23)27(24,25)19-15-6-4-3-5-7-15/h3-10,13-14,19H,11-12H2,1-2H3.